The topological polar surface area (TPSA) is 77.7 Å². The van der Waals surface area contributed by atoms with Crippen molar-refractivity contribution in [2.75, 3.05) is 13.1 Å². The molecule has 1 fully saturated rings. The van der Waals surface area contributed by atoms with Crippen LogP contribution < -0.4 is 0 Å². The maximum absolute atomic E-state index is 12.5. The van der Waals surface area contributed by atoms with Crippen LogP contribution in [0.15, 0.2) is 42.9 Å². The minimum absolute atomic E-state index is 0.0282. The van der Waals surface area contributed by atoms with Gasteiger partial charge >= 0.3 is 0 Å². The normalized spacial score (nSPS) is 14.8. The van der Waals surface area contributed by atoms with Crippen molar-refractivity contribution in [2.24, 2.45) is 0 Å². The molecule has 3 heterocycles. The second kappa shape index (κ2) is 4.74. The maximum atomic E-state index is 12.5. The fourth-order valence-corrected chi connectivity index (χ4v) is 2.75. The van der Waals surface area contributed by atoms with E-state index < -0.39 is 0 Å². The Labute approximate surface area is 126 Å². The van der Waals surface area contributed by atoms with E-state index >= 15 is 0 Å². The number of nitrogens with zero attached hydrogens (tertiary/aromatic N) is 4. The Kier molecular flexibility index (Phi) is 2.73. The Bertz CT molecular complexity index is 895. The van der Waals surface area contributed by atoms with Gasteiger partial charge in [0, 0.05) is 36.6 Å². The molecule has 6 heteroatoms. The summed E-state index contributed by atoms with van der Waals surface area (Å²) < 4.78 is 1.76. The van der Waals surface area contributed by atoms with Gasteiger partial charge in [-0.3, -0.25) is 9.48 Å². The predicted octanol–water partition coefficient (Wildman–Crippen LogP) is 1.93. The Hall–Kier alpha value is -3.07. The van der Waals surface area contributed by atoms with Crippen molar-refractivity contribution < 1.29 is 4.79 Å². The lowest BCUT2D eigenvalue weighted by Gasteiger charge is -2.39. The van der Waals surface area contributed by atoms with Gasteiger partial charge in [0.2, 0.25) is 0 Å². The fraction of sp³-hybridized carbons (Fsp3) is 0.188. The molecule has 1 aromatic carbocycles. The van der Waals surface area contributed by atoms with Crippen LogP contribution in [0.2, 0.25) is 0 Å². The number of nitrogens with one attached hydrogen (secondary N) is 1. The first-order valence-corrected chi connectivity index (χ1v) is 7.05. The molecule has 0 saturated carbocycles. The van der Waals surface area contributed by atoms with E-state index in [1.807, 2.05) is 30.5 Å². The highest BCUT2D eigenvalue weighted by Crippen LogP contribution is 2.24. The smallest absolute Gasteiger partial charge is 0.254 e. The Morgan fingerprint density at radius 3 is 3.00 bits per heavy atom. The zero-order chi connectivity index (χ0) is 15.1. The zero-order valence-corrected chi connectivity index (χ0v) is 11.7. The molecule has 0 bridgehead atoms. The van der Waals surface area contributed by atoms with Crippen LogP contribution >= 0.6 is 0 Å². The summed E-state index contributed by atoms with van der Waals surface area (Å²) in [6, 6.07) is 9.87. The lowest BCUT2D eigenvalue weighted by Crippen LogP contribution is -2.50. The van der Waals surface area contributed by atoms with Crippen molar-refractivity contribution >= 4 is 16.8 Å². The van der Waals surface area contributed by atoms with Crippen LogP contribution in [0.4, 0.5) is 0 Å². The number of carbonyl (C=O) groups is 1. The third-order valence-electron chi connectivity index (χ3n) is 4.06. The number of amides is 1. The van der Waals surface area contributed by atoms with Crippen LogP contribution in [0.1, 0.15) is 22.0 Å². The van der Waals surface area contributed by atoms with Crippen molar-refractivity contribution in [3.63, 3.8) is 0 Å². The number of carbonyl (C=O) groups excluding carboxylic acids is 1. The molecule has 2 aromatic heterocycles. The molecule has 6 nitrogen and oxygen atoms in total. The van der Waals surface area contributed by atoms with Gasteiger partial charge in [-0.2, -0.15) is 10.4 Å². The van der Waals surface area contributed by atoms with E-state index in [1.54, 1.807) is 22.0 Å². The van der Waals surface area contributed by atoms with E-state index in [9.17, 15) is 4.79 Å². The number of aromatic amines is 1. The fourth-order valence-electron chi connectivity index (χ4n) is 2.75. The first kappa shape index (κ1) is 12.7. The van der Waals surface area contributed by atoms with Crippen LogP contribution in [0.25, 0.3) is 10.9 Å². The van der Waals surface area contributed by atoms with Gasteiger partial charge in [-0.1, -0.05) is 6.07 Å². The van der Waals surface area contributed by atoms with E-state index in [1.165, 1.54) is 0 Å². The van der Waals surface area contributed by atoms with Crippen molar-refractivity contribution in [3.05, 3.63) is 54.0 Å². The largest absolute Gasteiger partial charge is 0.361 e. The second-order valence-electron chi connectivity index (χ2n) is 5.46. The summed E-state index contributed by atoms with van der Waals surface area (Å²) in [6.45, 7) is 1.24. The summed E-state index contributed by atoms with van der Waals surface area (Å²) in [7, 11) is 0. The van der Waals surface area contributed by atoms with Gasteiger partial charge in [-0.25, -0.2) is 0 Å². The van der Waals surface area contributed by atoms with E-state index in [0.717, 1.165) is 10.9 Å². The summed E-state index contributed by atoms with van der Waals surface area (Å²) in [5, 5.41) is 14.1. The molecule has 22 heavy (non-hydrogen) atoms. The molecule has 1 amide bonds. The highest BCUT2D eigenvalue weighted by molar-refractivity contribution is 5.98. The number of hydrogen-bond acceptors (Lipinski definition) is 3. The summed E-state index contributed by atoms with van der Waals surface area (Å²) >= 11 is 0. The SMILES string of the molecule is N#Cc1cnn(C2CN(C(=O)c3ccc4cc[nH]c4c3)C2)c1. The minimum atomic E-state index is 0.0282. The molecule has 0 radical (unpaired) electrons. The minimum Gasteiger partial charge on any atom is -0.361 e. The number of nitriles is 1. The summed E-state index contributed by atoms with van der Waals surface area (Å²) in [6.07, 6.45) is 5.13. The molecule has 4 rings (SSSR count). The molecule has 0 spiro atoms. The lowest BCUT2D eigenvalue weighted by atomic mass is 10.1. The standard InChI is InChI=1S/C16H13N5O/c17-6-11-7-19-21(8-11)14-9-20(10-14)16(22)13-2-1-12-3-4-18-15(12)5-13/h1-5,7-8,14,18H,9-10H2. The summed E-state index contributed by atoms with van der Waals surface area (Å²) in [4.78, 5) is 17.4. The van der Waals surface area contributed by atoms with Gasteiger partial charge in [-0.15, -0.1) is 0 Å². The molecule has 3 aromatic rings. The quantitative estimate of drug-likeness (QED) is 0.783. The van der Waals surface area contributed by atoms with Crippen LogP contribution in [0.5, 0.6) is 0 Å². The second-order valence-corrected chi connectivity index (χ2v) is 5.46. The first-order chi connectivity index (χ1) is 10.7. The van der Waals surface area contributed by atoms with E-state index in [0.29, 0.717) is 24.2 Å². The van der Waals surface area contributed by atoms with Crippen molar-refractivity contribution in [2.45, 2.75) is 6.04 Å². The third kappa shape index (κ3) is 1.95. The number of likely N-dealkylation sites (tertiary alicyclic amines) is 1. The monoisotopic (exact) mass is 291 g/mol. The number of benzene rings is 1. The van der Waals surface area contributed by atoms with Crippen molar-refractivity contribution in [1.82, 2.24) is 19.7 Å². The number of fused-ring (bicyclic) bond motifs is 1. The van der Waals surface area contributed by atoms with Crippen molar-refractivity contribution in [1.29, 1.82) is 5.26 Å². The Balaban J connectivity index is 1.47. The average molecular weight is 291 g/mol. The maximum Gasteiger partial charge on any atom is 0.254 e. The number of aromatic nitrogens is 3. The van der Waals surface area contributed by atoms with Gasteiger partial charge in [-0.05, 0) is 23.6 Å². The molecular weight excluding hydrogens is 278 g/mol. The summed E-state index contributed by atoms with van der Waals surface area (Å²) in [5.41, 5.74) is 2.20. The number of hydrogen-bond donors (Lipinski definition) is 1. The van der Waals surface area contributed by atoms with Gasteiger partial charge < -0.3 is 9.88 Å². The van der Waals surface area contributed by atoms with E-state index in [-0.39, 0.29) is 11.9 Å². The molecule has 0 atom stereocenters. The van der Waals surface area contributed by atoms with E-state index in [4.69, 9.17) is 5.26 Å². The van der Waals surface area contributed by atoms with E-state index in [2.05, 4.69) is 16.2 Å². The van der Waals surface area contributed by atoms with Crippen LogP contribution in [0, 0.1) is 11.3 Å². The molecule has 0 unspecified atom stereocenters. The molecular formula is C16H13N5O. The molecule has 1 saturated heterocycles. The van der Waals surface area contributed by atoms with Gasteiger partial charge in [0.1, 0.15) is 6.07 Å². The zero-order valence-electron chi connectivity index (χ0n) is 11.7. The van der Waals surface area contributed by atoms with Crippen LogP contribution in [0.3, 0.4) is 0 Å². The van der Waals surface area contributed by atoms with Crippen LogP contribution in [-0.4, -0.2) is 38.7 Å². The Morgan fingerprint density at radius 2 is 2.23 bits per heavy atom. The highest BCUT2D eigenvalue weighted by atomic mass is 16.2. The molecule has 1 N–H and O–H groups in total. The average Bonchev–Trinajstić information content (AvgIpc) is 3.13. The first-order valence-electron chi connectivity index (χ1n) is 7.05. The molecule has 1 aliphatic rings. The number of rotatable bonds is 2. The van der Waals surface area contributed by atoms with Crippen LogP contribution in [-0.2, 0) is 0 Å². The predicted molar refractivity (Wildman–Crippen MR) is 80.2 cm³/mol. The molecule has 108 valence electrons. The highest BCUT2D eigenvalue weighted by Gasteiger charge is 2.33. The van der Waals surface area contributed by atoms with Gasteiger partial charge in [0.25, 0.3) is 5.91 Å². The molecule has 0 aliphatic carbocycles. The molecule has 1 aliphatic heterocycles. The summed E-state index contributed by atoms with van der Waals surface area (Å²) in [5.74, 6) is 0.0282. The third-order valence-corrected chi connectivity index (χ3v) is 4.06. The Morgan fingerprint density at radius 1 is 1.36 bits per heavy atom. The number of H-pyrrole nitrogens is 1. The lowest BCUT2D eigenvalue weighted by molar-refractivity contribution is 0.0501. The van der Waals surface area contributed by atoms with Crippen molar-refractivity contribution in [3.8, 4) is 6.07 Å². The van der Waals surface area contributed by atoms with Gasteiger partial charge in [0.05, 0.1) is 17.8 Å². The van der Waals surface area contributed by atoms with Gasteiger partial charge in [0.15, 0.2) is 0 Å².